The van der Waals surface area contributed by atoms with Gasteiger partial charge in [0.2, 0.25) is 5.91 Å². The monoisotopic (exact) mass is 366 g/mol. The number of ether oxygens (including phenoxy) is 1. The largest absolute Gasteiger partial charge is 0.373 e. The SMILES string of the molecule is CC1CN(C(C(=O)Nc2cccc3nonc23)c2ccccc2)CC(C)O1. The molecule has 1 saturated heterocycles. The lowest BCUT2D eigenvalue weighted by Crippen LogP contribution is -2.49. The molecule has 2 heterocycles. The molecule has 7 nitrogen and oxygen atoms in total. The van der Waals surface area contributed by atoms with Gasteiger partial charge in [-0.05, 0) is 41.9 Å². The summed E-state index contributed by atoms with van der Waals surface area (Å²) in [4.78, 5) is 15.5. The lowest BCUT2D eigenvalue weighted by atomic mass is 10.0. The maximum absolute atomic E-state index is 13.3. The first-order valence-corrected chi connectivity index (χ1v) is 9.08. The van der Waals surface area contributed by atoms with E-state index in [0.29, 0.717) is 29.8 Å². The molecule has 3 unspecified atom stereocenters. The fraction of sp³-hybridized carbons (Fsp3) is 0.350. The van der Waals surface area contributed by atoms with Crippen molar-refractivity contribution in [3.05, 3.63) is 54.1 Å². The van der Waals surface area contributed by atoms with Crippen LogP contribution < -0.4 is 5.32 Å². The second kappa shape index (κ2) is 7.46. The van der Waals surface area contributed by atoms with Crippen LogP contribution in [0.4, 0.5) is 5.69 Å². The van der Waals surface area contributed by atoms with E-state index in [0.717, 1.165) is 5.56 Å². The molecule has 0 bridgehead atoms. The van der Waals surface area contributed by atoms with Gasteiger partial charge < -0.3 is 10.1 Å². The van der Waals surface area contributed by atoms with E-state index in [-0.39, 0.29) is 18.1 Å². The molecule has 1 N–H and O–H groups in total. The Bertz CT molecular complexity index is 917. The molecule has 4 rings (SSSR count). The van der Waals surface area contributed by atoms with Crippen LogP contribution in [-0.2, 0) is 9.53 Å². The molecule has 2 aromatic carbocycles. The number of carbonyl (C=O) groups excluding carboxylic acids is 1. The van der Waals surface area contributed by atoms with Crippen LogP contribution in [0.2, 0.25) is 0 Å². The van der Waals surface area contributed by atoms with Crippen LogP contribution in [0, 0.1) is 0 Å². The Balaban J connectivity index is 1.66. The van der Waals surface area contributed by atoms with Gasteiger partial charge in [0.05, 0.1) is 17.9 Å². The number of aromatic nitrogens is 2. The summed E-state index contributed by atoms with van der Waals surface area (Å²) in [5.41, 5.74) is 2.69. The van der Waals surface area contributed by atoms with Gasteiger partial charge >= 0.3 is 0 Å². The first kappa shape index (κ1) is 17.6. The minimum Gasteiger partial charge on any atom is -0.373 e. The van der Waals surface area contributed by atoms with Crippen molar-refractivity contribution in [2.75, 3.05) is 18.4 Å². The Morgan fingerprint density at radius 2 is 1.81 bits per heavy atom. The van der Waals surface area contributed by atoms with Crippen molar-refractivity contribution in [2.45, 2.75) is 32.1 Å². The number of fused-ring (bicyclic) bond motifs is 1. The first-order chi connectivity index (χ1) is 13.1. The van der Waals surface area contributed by atoms with E-state index < -0.39 is 6.04 Å². The Morgan fingerprint density at radius 3 is 2.56 bits per heavy atom. The second-order valence-electron chi connectivity index (χ2n) is 6.95. The third-order valence-electron chi connectivity index (χ3n) is 4.72. The number of amides is 1. The highest BCUT2D eigenvalue weighted by molar-refractivity contribution is 6.01. The minimum absolute atomic E-state index is 0.0657. The van der Waals surface area contributed by atoms with Crippen LogP contribution in [0.5, 0.6) is 0 Å². The van der Waals surface area contributed by atoms with Gasteiger partial charge in [0.15, 0.2) is 5.52 Å². The highest BCUT2D eigenvalue weighted by atomic mass is 16.6. The number of hydrogen-bond acceptors (Lipinski definition) is 6. The summed E-state index contributed by atoms with van der Waals surface area (Å²) in [6.07, 6.45) is 0.131. The normalized spacial score (nSPS) is 21.9. The Labute approximate surface area is 157 Å². The van der Waals surface area contributed by atoms with E-state index in [9.17, 15) is 4.79 Å². The van der Waals surface area contributed by atoms with E-state index in [1.807, 2.05) is 50.2 Å². The van der Waals surface area contributed by atoms with Crippen molar-refractivity contribution >= 4 is 22.6 Å². The summed E-state index contributed by atoms with van der Waals surface area (Å²) in [7, 11) is 0. The molecule has 0 radical (unpaired) electrons. The highest BCUT2D eigenvalue weighted by Crippen LogP contribution is 2.28. The molecule has 3 aromatic rings. The predicted molar refractivity (Wildman–Crippen MR) is 101 cm³/mol. The number of hydrogen-bond donors (Lipinski definition) is 1. The smallest absolute Gasteiger partial charge is 0.246 e. The van der Waals surface area contributed by atoms with Crippen molar-refractivity contribution in [3.8, 4) is 0 Å². The number of nitrogens with one attached hydrogen (secondary N) is 1. The van der Waals surface area contributed by atoms with Gasteiger partial charge in [0, 0.05) is 13.1 Å². The molecule has 7 heteroatoms. The van der Waals surface area contributed by atoms with E-state index in [4.69, 9.17) is 9.37 Å². The fourth-order valence-electron chi connectivity index (χ4n) is 3.70. The summed E-state index contributed by atoms with van der Waals surface area (Å²) >= 11 is 0. The number of rotatable bonds is 4. The molecule has 1 amide bonds. The quantitative estimate of drug-likeness (QED) is 0.764. The number of benzene rings is 2. The van der Waals surface area contributed by atoms with Crippen LogP contribution in [0.3, 0.4) is 0 Å². The summed E-state index contributed by atoms with van der Waals surface area (Å²) in [6, 6.07) is 14.8. The molecular formula is C20H22N4O3. The van der Waals surface area contributed by atoms with Gasteiger partial charge in [0.25, 0.3) is 0 Å². The average molecular weight is 366 g/mol. The zero-order valence-electron chi connectivity index (χ0n) is 15.3. The van der Waals surface area contributed by atoms with Crippen molar-refractivity contribution in [3.63, 3.8) is 0 Å². The number of morpholine rings is 1. The van der Waals surface area contributed by atoms with Gasteiger partial charge in [0.1, 0.15) is 11.6 Å². The maximum Gasteiger partial charge on any atom is 0.246 e. The van der Waals surface area contributed by atoms with E-state index in [1.165, 1.54) is 0 Å². The molecule has 140 valence electrons. The third-order valence-corrected chi connectivity index (χ3v) is 4.72. The Morgan fingerprint density at radius 1 is 1.07 bits per heavy atom. The first-order valence-electron chi connectivity index (χ1n) is 9.08. The highest BCUT2D eigenvalue weighted by Gasteiger charge is 2.33. The molecule has 1 fully saturated rings. The van der Waals surface area contributed by atoms with Crippen molar-refractivity contribution in [1.82, 2.24) is 15.2 Å². The molecule has 27 heavy (non-hydrogen) atoms. The van der Waals surface area contributed by atoms with Gasteiger partial charge in [-0.25, -0.2) is 4.63 Å². The zero-order valence-corrected chi connectivity index (χ0v) is 15.3. The van der Waals surface area contributed by atoms with Crippen LogP contribution in [0.25, 0.3) is 11.0 Å². The zero-order chi connectivity index (χ0) is 18.8. The van der Waals surface area contributed by atoms with Gasteiger partial charge in [-0.2, -0.15) is 0 Å². The van der Waals surface area contributed by atoms with Crippen molar-refractivity contribution in [1.29, 1.82) is 0 Å². The third kappa shape index (κ3) is 3.70. The lowest BCUT2D eigenvalue weighted by molar-refractivity contribution is -0.128. The van der Waals surface area contributed by atoms with Gasteiger partial charge in [-0.1, -0.05) is 36.4 Å². The lowest BCUT2D eigenvalue weighted by Gasteiger charge is -2.39. The number of anilines is 1. The number of carbonyl (C=O) groups is 1. The van der Waals surface area contributed by atoms with Crippen molar-refractivity contribution in [2.24, 2.45) is 0 Å². The Hall–Kier alpha value is -2.77. The molecule has 0 spiro atoms. The molecule has 1 aliphatic rings. The number of nitrogens with zero attached hydrogens (tertiary/aromatic N) is 3. The van der Waals surface area contributed by atoms with Gasteiger partial charge in [-0.3, -0.25) is 9.69 Å². The molecule has 0 aliphatic carbocycles. The fourth-order valence-corrected chi connectivity index (χ4v) is 3.70. The Kier molecular flexibility index (Phi) is 4.87. The predicted octanol–water partition coefficient (Wildman–Crippen LogP) is 3.01. The van der Waals surface area contributed by atoms with Crippen molar-refractivity contribution < 1.29 is 14.2 Å². The summed E-state index contributed by atoms with van der Waals surface area (Å²) < 4.78 is 10.6. The van der Waals surface area contributed by atoms with Crippen LogP contribution in [0.15, 0.2) is 53.2 Å². The van der Waals surface area contributed by atoms with E-state index in [1.54, 1.807) is 12.1 Å². The summed E-state index contributed by atoms with van der Waals surface area (Å²) in [6.45, 7) is 5.44. The standard InChI is InChI=1S/C20H22N4O3/c1-13-11-24(12-14(2)26-13)19(15-7-4-3-5-8-15)20(25)21-16-9-6-10-17-18(16)23-27-22-17/h3-10,13-14,19H,11-12H2,1-2H3,(H,21,25). The average Bonchev–Trinajstić information content (AvgIpc) is 3.12. The summed E-state index contributed by atoms with van der Waals surface area (Å²) in [5.74, 6) is -0.113. The van der Waals surface area contributed by atoms with Crippen LogP contribution in [-0.4, -0.2) is 46.4 Å². The van der Waals surface area contributed by atoms with Gasteiger partial charge in [-0.15, -0.1) is 0 Å². The molecule has 0 saturated carbocycles. The second-order valence-corrected chi connectivity index (χ2v) is 6.95. The summed E-state index contributed by atoms with van der Waals surface area (Å²) in [5, 5.41) is 10.8. The van der Waals surface area contributed by atoms with E-state index >= 15 is 0 Å². The van der Waals surface area contributed by atoms with E-state index in [2.05, 4.69) is 20.5 Å². The van der Waals surface area contributed by atoms with Crippen LogP contribution in [0.1, 0.15) is 25.5 Å². The molecule has 1 aromatic heterocycles. The molecule has 1 aliphatic heterocycles. The molecular weight excluding hydrogens is 344 g/mol. The van der Waals surface area contributed by atoms with Crippen LogP contribution >= 0.6 is 0 Å². The molecule has 3 atom stereocenters. The maximum atomic E-state index is 13.3. The minimum atomic E-state index is -0.421. The topological polar surface area (TPSA) is 80.5 Å².